The highest BCUT2D eigenvalue weighted by atomic mass is 79.9. The minimum Gasteiger partial charge on any atom is -0.493 e. The molecule has 0 aliphatic carbocycles. The largest absolute Gasteiger partial charge is 0.493 e. The predicted octanol–water partition coefficient (Wildman–Crippen LogP) is 4.96. The maximum Gasteiger partial charge on any atom is 0.130 e. The van der Waals surface area contributed by atoms with Gasteiger partial charge in [-0.05, 0) is 36.6 Å². The van der Waals surface area contributed by atoms with Crippen molar-refractivity contribution < 1.29 is 9.13 Å². The Hall–Kier alpha value is -1.35. The Labute approximate surface area is 121 Å². The van der Waals surface area contributed by atoms with E-state index < -0.39 is 0 Å². The van der Waals surface area contributed by atoms with E-state index in [1.54, 1.807) is 6.07 Å². The molecular formula is C16H16BrFO. The molecule has 2 rings (SSSR count). The topological polar surface area (TPSA) is 9.23 Å². The van der Waals surface area contributed by atoms with Gasteiger partial charge in [0.2, 0.25) is 0 Å². The first kappa shape index (κ1) is 14.1. The van der Waals surface area contributed by atoms with E-state index in [0.717, 1.165) is 34.2 Å². The van der Waals surface area contributed by atoms with Crippen LogP contribution in [0.25, 0.3) is 11.1 Å². The Morgan fingerprint density at radius 1 is 1.16 bits per heavy atom. The normalized spacial score (nSPS) is 10.5. The number of rotatable bonds is 5. The molecule has 1 nitrogen and oxygen atoms in total. The molecule has 0 N–H and O–H groups in total. The minimum atomic E-state index is -0.231. The van der Waals surface area contributed by atoms with Crippen LogP contribution < -0.4 is 4.74 Å². The molecule has 0 saturated heterocycles. The molecule has 0 unspecified atom stereocenters. The van der Waals surface area contributed by atoms with Crippen molar-refractivity contribution in [1.29, 1.82) is 0 Å². The zero-order valence-electron chi connectivity index (χ0n) is 10.8. The lowest BCUT2D eigenvalue weighted by molar-refractivity contribution is 0.318. The Bertz CT molecular complexity index is 554. The summed E-state index contributed by atoms with van der Waals surface area (Å²) in [5.41, 5.74) is 2.85. The van der Waals surface area contributed by atoms with E-state index in [9.17, 15) is 4.39 Å². The number of aryl methyl sites for hydroxylation is 1. The van der Waals surface area contributed by atoms with Crippen molar-refractivity contribution in [3.8, 4) is 16.9 Å². The number of alkyl halides is 1. The molecule has 2 aromatic carbocycles. The van der Waals surface area contributed by atoms with E-state index in [0.29, 0.717) is 6.61 Å². The maximum absolute atomic E-state index is 13.3. The fourth-order valence-corrected chi connectivity index (χ4v) is 2.19. The van der Waals surface area contributed by atoms with Gasteiger partial charge >= 0.3 is 0 Å². The maximum atomic E-state index is 13.3. The SMILES string of the molecule is Cc1cccc(-c2cccc(F)c2)c1OCCCBr. The van der Waals surface area contributed by atoms with Crippen LogP contribution in [0, 0.1) is 12.7 Å². The van der Waals surface area contributed by atoms with Crippen LogP contribution in [0.1, 0.15) is 12.0 Å². The molecule has 0 radical (unpaired) electrons. The fraction of sp³-hybridized carbons (Fsp3) is 0.250. The molecule has 3 heteroatoms. The quantitative estimate of drug-likeness (QED) is 0.558. The summed E-state index contributed by atoms with van der Waals surface area (Å²) in [5.74, 6) is 0.611. The van der Waals surface area contributed by atoms with Crippen molar-refractivity contribution in [2.45, 2.75) is 13.3 Å². The minimum absolute atomic E-state index is 0.231. The van der Waals surface area contributed by atoms with E-state index in [1.165, 1.54) is 12.1 Å². The summed E-state index contributed by atoms with van der Waals surface area (Å²) in [6.07, 6.45) is 0.941. The molecule has 2 aromatic rings. The summed E-state index contributed by atoms with van der Waals surface area (Å²) in [6, 6.07) is 12.5. The van der Waals surface area contributed by atoms with E-state index in [-0.39, 0.29) is 5.82 Å². The van der Waals surface area contributed by atoms with Crippen LogP contribution in [0.15, 0.2) is 42.5 Å². The van der Waals surface area contributed by atoms with Gasteiger partial charge in [-0.1, -0.05) is 46.3 Å². The van der Waals surface area contributed by atoms with Crippen molar-refractivity contribution in [2.24, 2.45) is 0 Å². The monoisotopic (exact) mass is 322 g/mol. The number of ether oxygens (including phenoxy) is 1. The third-order valence-electron chi connectivity index (χ3n) is 2.87. The van der Waals surface area contributed by atoms with E-state index >= 15 is 0 Å². The number of halogens is 2. The lowest BCUT2D eigenvalue weighted by Gasteiger charge is -2.14. The van der Waals surface area contributed by atoms with Gasteiger partial charge in [0, 0.05) is 10.9 Å². The molecule has 0 fully saturated rings. The summed E-state index contributed by atoms with van der Waals surface area (Å²) in [5, 5.41) is 0.911. The number of hydrogen-bond donors (Lipinski definition) is 0. The smallest absolute Gasteiger partial charge is 0.130 e. The highest BCUT2D eigenvalue weighted by molar-refractivity contribution is 9.09. The summed E-state index contributed by atoms with van der Waals surface area (Å²) < 4.78 is 19.2. The van der Waals surface area contributed by atoms with E-state index in [2.05, 4.69) is 15.9 Å². The molecule has 0 saturated carbocycles. The van der Waals surface area contributed by atoms with Gasteiger partial charge in [-0.25, -0.2) is 4.39 Å². The third-order valence-corrected chi connectivity index (χ3v) is 3.43. The van der Waals surface area contributed by atoms with Crippen molar-refractivity contribution in [2.75, 3.05) is 11.9 Å². The average molecular weight is 323 g/mol. The second kappa shape index (κ2) is 6.71. The Balaban J connectivity index is 2.36. The zero-order valence-corrected chi connectivity index (χ0v) is 12.4. The van der Waals surface area contributed by atoms with Gasteiger partial charge in [0.1, 0.15) is 11.6 Å². The molecule has 0 aromatic heterocycles. The lowest BCUT2D eigenvalue weighted by atomic mass is 10.0. The van der Waals surface area contributed by atoms with Gasteiger partial charge in [0.25, 0.3) is 0 Å². The van der Waals surface area contributed by atoms with Crippen LogP contribution in [0.3, 0.4) is 0 Å². The second-order valence-corrected chi connectivity index (χ2v) is 5.15. The average Bonchev–Trinajstić information content (AvgIpc) is 2.41. The second-order valence-electron chi connectivity index (χ2n) is 4.35. The van der Waals surface area contributed by atoms with Crippen LogP contribution in [-0.2, 0) is 0 Å². The summed E-state index contributed by atoms with van der Waals surface area (Å²) in [4.78, 5) is 0. The van der Waals surface area contributed by atoms with Crippen molar-refractivity contribution >= 4 is 15.9 Å². The van der Waals surface area contributed by atoms with Crippen LogP contribution in [0.4, 0.5) is 4.39 Å². The van der Waals surface area contributed by atoms with Crippen LogP contribution in [0.2, 0.25) is 0 Å². The number of benzene rings is 2. The third kappa shape index (κ3) is 3.57. The Morgan fingerprint density at radius 2 is 1.95 bits per heavy atom. The zero-order chi connectivity index (χ0) is 13.7. The highest BCUT2D eigenvalue weighted by Gasteiger charge is 2.09. The summed E-state index contributed by atoms with van der Waals surface area (Å²) in [6.45, 7) is 2.66. The van der Waals surface area contributed by atoms with Crippen LogP contribution in [-0.4, -0.2) is 11.9 Å². The van der Waals surface area contributed by atoms with Crippen molar-refractivity contribution in [1.82, 2.24) is 0 Å². The lowest BCUT2D eigenvalue weighted by Crippen LogP contribution is -2.01. The molecule has 0 atom stereocenters. The van der Waals surface area contributed by atoms with Crippen molar-refractivity contribution in [3.05, 3.63) is 53.8 Å². The summed E-state index contributed by atoms with van der Waals surface area (Å²) in [7, 11) is 0. The van der Waals surface area contributed by atoms with Gasteiger partial charge < -0.3 is 4.74 Å². The van der Waals surface area contributed by atoms with Crippen LogP contribution in [0.5, 0.6) is 5.75 Å². The highest BCUT2D eigenvalue weighted by Crippen LogP contribution is 2.33. The summed E-state index contributed by atoms with van der Waals surface area (Å²) >= 11 is 3.38. The van der Waals surface area contributed by atoms with E-state index in [1.807, 2.05) is 31.2 Å². The number of para-hydroxylation sites is 1. The van der Waals surface area contributed by atoms with Gasteiger partial charge in [-0.2, -0.15) is 0 Å². The van der Waals surface area contributed by atoms with Gasteiger partial charge in [-0.3, -0.25) is 0 Å². The molecular weight excluding hydrogens is 307 g/mol. The standard InChI is InChI=1S/C16H16BrFO/c1-12-5-2-8-15(16(12)19-10-4-9-17)13-6-3-7-14(18)11-13/h2-3,5-8,11H,4,9-10H2,1H3. The first-order chi connectivity index (χ1) is 9.22. The fourth-order valence-electron chi connectivity index (χ4n) is 1.96. The van der Waals surface area contributed by atoms with Gasteiger partial charge in [0.15, 0.2) is 0 Å². The van der Waals surface area contributed by atoms with Gasteiger partial charge in [0.05, 0.1) is 6.61 Å². The molecule has 19 heavy (non-hydrogen) atoms. The number of hydrogen-bond acceptors (Lipinski definition) is 1. The molecule has 0 bridgehead atoms. The van der Waals surface area contributed by atoms with Crippen LogP contribution >= 0.6 is 15.9 Å². The molecule has 100 valence electrons. The Kier molecular flexibility index (Phi) is 4.97. The Morgan fingerprint density at radius 3 is 2.68 bits per heavy atom. The van der Waals surface area contributed by atoms with E-state index in [4.69, 9.17) is 4.74 Å². The molecule has 0 spiro atoms. The first-order valence-electron chi connectivity index (χ1n) is 6.26. The predicted molar refractivity (Wildman–Crippen MR) is 80.5 cm³/mol. The molecule has 0 heterocycles. The molecule has 0 amide bonds. The van der Waals surface area contributed by atoms with Crippen molar-refractivity contribution in [3.63, 3.8) is 0 Å². The van der Waals surface area contributed by atoms with Gasteiger partial charge in [-0.15, -0.1) is 0 Å². The molecule has 0 aliphatic heterocycles. The first-order valence-corrected chi connectivity index (χ1v) is 7.39. The molecule has 0 aliphatic rings.